The van der Waals surface area contributed by atoms with E-state index in [0.717, 1.165) is 21.4 Å². The fourth-order valence-corrected chi connectivity index (χ4v) is 3.32. The van der Waals surface area contributed by atoms with Crippen LogP contribution in [0.3, 0.4) is 0 Å². The van der Waals surface area contributed by atoms with Crippen molar-refractivity contribution in [3.05, 3.63) is 82.6 Å². The molecule has 1 N–H and O–H groups in total. The maximum Gasteiger partial charge on any atom is 0.276 e. The van der Waals surface area contributed by atoms with Gasteiger partial charge in [0.1, 0.15) is 0 Å². The zero-order valence-electron chi connectivity index (χ0n) is 13.4. The molecule has 0 fully saturated rings. The van der Waals surface area contributed by atoms with E-state index in [2.05, 4.69) is 25.9 Å². The SMILES string of the molecule is Cc1ccc(S(=O)(=O)NN=Cc2cccn2-c2ccc(Br)cc2)cc1. The van der Waals surface area contributed by atoms with Gasteiger partial charge in [0.15, 0.2) is 0 Å². The average Bonchev–Trinajstić information content (AvgIpc) is 3.04. The standard InChI is InChI=1S/C18H16BrN3O2S/c1-14-4-10-18(11-5-14)25(23,24)21-20-13-17-3-2-12-22(17)16-8-6-15(19)7-9-16/h2-13,21H,1H3. The van der Waals surface area contributed by atoms with E-state index < -0.39 is 10.0 Å². The first kappa shape index (κ1) is 17.4. The van der Waals surface area contributed by atoms with Gasteiger partial charge in [0.05, 0.1) is 16.8 Å². The molecular weight excluding hydrogens is 402 g/mol. The molecule has 0 aliphatic carbocycles. The van der Waals surface area contributed by atoms with Crippen LogP contribution in [0.2, 0.25) is 0 Å². The number of nitrogens with zero attached hydrogens (tertiary/aromatic N) is 2. The normalized spacial score (nSPS) is 11.8. The molecule has 0 saturated carbocycles. The number of aromatic nitrogens is 1. The van der Waals surface area contributed by atoms with Gasteiger partial charge in [-0.3, -0.25) is 0 Å². The Morgan fingerprint density at radius 1 is 1.04 bits per heavy atom. The third-order valence-corrected chi connectivity index (χ3v) is 5.35. The lowest BCUT2D eigenvalue weighted by atomic mass is 10.2. The molecule has 0 spiro atoms. The van der Waals surface area contributed by atoms with Crippen molar-refractivity contribution < 1.29 is 8.42 Å². The molecule has 0 aliphatic heterocycles. The van der Waals surface area contributed by atoms with Crippen molar-refractivity contribution in [2.24, 2.45) is 5.10 Å². The van der Waals surface area contributed by atoms with Crippen LogP contribution in [0.1, 0.15) is 11.3 Å². The first-order chi connectivity index (χ1) is 12.0. The topological polar surface area (TPSA) is 63.5 Å². The van der Waals surface area contributed by atoms with Gasteiger partial charge in [-0.2, -0.15) is 13.5 Å². The van der Waals surface area contributed by atoms with E-state index >= 15 is 0 Å². The highest BCUT2D eigenvalue weighted by Crippen LogP contribution is 2.16. The van der Waals surface area contributed by atoms with E-state index in [1.807, 2.05) is 54.1 Å². The summed E-state index contributed by atoms with van der Waals surface area (Å²) in [5.41, 5.74) is 2.71. The summed E-state index contributed by atoms with van der Waals surface area (Å²) in [5.74, 6) is 0. The molecule has 0 amide bonds. The average molecular weight is 418 g/mol. The van der Waals surface area contributed by atoms with Crippen LogP contribution in [0.25, 0.3) is 5.69 Å². The quantitative estimate of drug-likeness (QED) is 0.505. The summed E-state index contributed by atoms with van der Waals surface area (Å²) in [7, 11) is -3.68. The Bertz CT molecular complexity index is 992. The Hall–Kier alpha value is -2.38. The van der Waals surface area contributed by atoms with Crippen molar-refractivity contribution in [3.63, 3.8) is 0 Å². The molecule has 25 heavy (non-hydrogen) atoms. The van der Waals surface area contributed by atoms with Crippen LogP contribution in [0.15, 0.2) is 81.3 Å². The summed E-state index contributed by atoms with van der Waals surface area (Å²) in [4.78, 5) is 2.42. The minimum absolute atomic E-state index is 0.179. The van der Waals surface area contributed by atoms with Crippen LogP contribution < -0.4 is 4.83 Å². The summed E-state index contributed by atoms with van der Waals surface area (Å²) in [6.45, 7) is 1.90. The number of aryl methyl sites for hydroxylation is 1. The molecule has 0 bridgehead atoms. The van der Waals surface area contributed by atoms with Crippen LogP contribution in [-0.2, 0) is 10.0 Å². The molecule has 2 aromatic carbocycles. The smallest absolute Gasteiger partial charge is 0.276 e. The zero-order chi connectivity index (χ0) is 17.9. The van der Waals surface area contributed by atoms with Gasteiger partial charge < -0.3 is 4.57 Å². The van der Waals surface area contributed by atoms with Crippen molar-refractivity contribution in [2.45, 2.75) is 11.8 Å². The van der Waals surface area contributed by atoms with E-state index in [1.54, 1.807) is 24.3 Å². The number of sulfonamides is 1. The number of hydrogen-bond acceptors (Lipinski definition) is 3. The fraction of sp³-hybridized carbons (Fsp3) is 0.0556. The molecule has 7 heteroatoms. The van der Waals surface area contributed by atoms with Gasteiger partial charge in [-0.15, -0.1) is 0 Å². The number of hydrazone groups is 1. The minimum Gasteiger partial charge on any atom is -0.316 e. The highest BCUT2D eigenvalue weighted by Gasteiger charge is 2.12. The highest BCUT2D eigenvalue weighted by atomic mass is 79.9. The van der Waals surface area contributed by atoms with Crippen LogP contribution in [0.4, 0.5) is 0 Å². The number of nitrogens with one attached hydrogen (secondary N) is 1. The van der Waals surface area contributed by atoms with Gasteiger partial charge in [-0.25, -0.2) is 4.83 Å². The Morgan fingerprint density at radius 3 is 2.40 bits per heavy atom. The highest BCUT2D eigenvalue weighted by molar-refractivity contribution is 9.10. The Morgan fingerprint density at radius 2 is 1.72 bits per heavy atom. The molecule has 0 radical (unpaired) electrons. The monoisotopic (exact) mass is 417 g/mol. The number of halogens is 1. The molecule has 3 aromatic rings. The van der Waals surface area contributed by atoms with Crippen molar-refractivity contribution in [1.82, 2.24) is 9.40 Å². The molecule has 3 rings (SSSR count). The Kier molecular flexibility index (Phi) is 5.06. The summed E-state index contributed by atoms with van der Waals surface area (Å²) in [5, 5.41) is 3.89. The van der Waals surface area contributed by atoms with Crippen molar-refractivity contribution in [2.75, 3.05) is 0 Å². The number of hydrogen-bond donors (Lipinski definition) is 1. The lowest BCUT2D eigenvalue weighted by molar-refractivity contribution is 0.584. The van der Waals surface area contributed by atoms with E-state index in [1.165, 1.54) is 6.21 Å². The van der Waals surface area contributed by atoms with Gasteiger partial charge >= 0.3 is 0 Å². The predicted molar refractivity (Wildman–Crippen MR) is 103 cm³/mol. The van der Waals surface area contributed by atoms with Crippen LogP contribution >= 0.6 is 15.9 Å². The molecule has 1 heterocycles. The molecule has 5 nitrogen and oxygen atoms in total. The van der Waals surface area contributed by atoms with Crippen molar-refractivity contribution in [3.8, 4) is 5.69 Å². The zero-order valence-corrected chi connectivity index (χ0v) is 15.8. The summed E-state index contributed by atoms with van der Waals surface area (Å²) >= 11 is 3.41. The van der Waals surface area contributed by atoms with E-state index in [4.69, 9.17) is 0 Å². The molecular formula is C18H16BrN3O2S. The van der Waals surface area contributed by atoms with E-state index in [0.29, 0.717) is 0 Å². The summed E-state index contributed by atoms with van der Waals surface area (Å²) < 4.78 is 27.4. The summed E-state index contributed by atoms with van der Waals surface area (Å²) in [6.07, 6.45) is 3.37. The Balaban J connectivity index is 1.78. The maximum absolute atomic E-state index is 12.2. The fourth-order valence-electron chi connectivity index (χ4n) is 2.27. The lowest BCUT2D eigenvalue weighted by Crippen LogP contribution is -2.18. The van der Waals surface area contributed by atoms with E-state index in [9.17, 15) is 8.42 Å². The summed E-state index contributed by atoms with van der Waals surface area (Å²) in [6, 6.07) is 18.1. The molecule has 0 aliphatic rings. The predicted octanol–water partition coefficient (Wildman–Crippen LogP) is 3.86. The molecule has 1 aromatic heterocycles. The van der Waals surface area contributed by atoms with Gasteiger partial charge in [0.25, 0.3) is 10.0 Å². The van der Waals surface area contributed by atoms with E-state index in [-0.39, 0.29) is 4.90 Å². The first-order valence-corrected chi connectivity index (χ1v) is 9.78. The van der Waals surface area contributed by atoms with Crippen molar-refractivity contribution >= 4 is 32.2 Å². The van der Waals surface area contributed by atoms with Gasteiger partial charge in [-0.1, -0.05) is 33.6 Å². The molecule has 128 valence electrons. The van der Waals surface area contributed by atoms with Crippen LogP contribution in [0.5, 0.6) is 0 Å². The van der Waals surface area contributed by atoms with Gasteiger partial charge in [-0.05, 0) is 55.5 Å². The van der Waals surface area contributed by atoms with Gasteiger partial charge in [0, 0.05) is 16.4 Å². The van der Waals surface area contributed by atoms with Crippen LogP contribution in [0, 0.1) is 6.92 Å². The van der Waals surface area contributed by atoms with Crippen molar-refractivity contribution in [1.29, 1.82) is 0 Å². The van der Waals surface area contributed by atoms with Gasteiger partial charge in [0.2, 0.25) is 0 Å². The second kappa shape index (κ2) is 7.25. The minimum atomic E-state index is -3.68. The lowest BCUT2D eigenvalue weighted by Gasteiger charge is -2.07. The first-order valence-electron chi connectivity index (χ1n) is 7.50. The van der Waals surface area contributed by atoms with Crippen LogP contribution in [-0.4, -0.2) is 19.2 Å². The number of benzene rings is 2. The maximum atomic E-state index is 12.2. The third kappa shape index (κ3) is 4.18. The second-order valence-electron chi connectivity index (χ2n) is 5.45. The number of rotatable bonds is 5. The Labute approximate surface area is 155 Å². The third-order valence-electron chi connectivity index (χ3n) is 3.59. The second-order valence-corrected chi connectivity index (χ2v) is 8.02. The molecule has 0 atom stereocenters. The molecule has 0 unspecified atom stereocenters. The largest absolute Gasteiger partial charge is 0.316 e. The molecule has 0 saturated heterocycles.